The maximum absolute atomic E-state index is 11.7. The highest BCUT2D eigenvalue weighted by Crippen LogP contribution is 2.27. The standard InChI is InChI=1S/C13H17NO.C5H10O2/c1-10-8-13(15)14(9-10)11(2)12-6-4-3-5-7-12;1-5(2,3)7-4-6/h3-7,10-11H,8-9H2,1-2H3;4H,1-3H3. The van der Waals surface area contributed by atoms with Gasteiger partial charge < -0.3 is 9.64 Å². The van der Waals surface area contributed by atoms with Crippen LogP contribution in [0.4, 0.5) is 0 Å². The average molecular weight is 305 g/mol. The molecule has 2 atom stereocenters. The predicted octanol–water partition coefficient (Wildman–Crippen LogP) is 3.57. The summed E-state index contributed by atoms with van der Waals surface area (Å²) in [4.78, 5) is 23.3. The molecule has 0 spiro atoms. The largest absolute Gasteiger partial charge is 0.462 e. The van der Waals surface area contributed by atoms with Gasteiger partial charge in [0.1, 0.15) is 5.60 Å². The molecule has 22 heavy (non-hydrogen) atoms. The van der Waals surface area contributed by atoms with E-state index < -0.39 is 0 Å². The Balaban J connectivity index is 0.000000295. The summed E-state index contributed by atoms with van der Waals surface area (Å²) in [5.74, 6) is 0.794. The first-order chi connectivity index (χ1) is 10.2. The van der Waals surface area contributed by atoms with Crippen molar-refractivity contribution in [1.29, 1.82) is 0 Å². The van der Waals surface area contributed by atoms with Crippen LogP contribution in [-0.2, 0) is 14.3 Å². The van der Waals surface area contributed by atoms with E-state index >= 15 is 0 Å². The van der Waals surface area contributed by atoms with Crippen LogP contribution in [0, 0.1) is 5.92 Å². The van der Waals surface area contributed by atoms with Crippen LogP contribution in [0.2, 0.25) is 0 Å². The fourth-order valence-corrected chi connectivity index (χ4v) is 2.35. The van der Waals surface area contributed by atoms with Crippen LogP contribution in [0.15, 0.2) is 30.3 Å². The molecular weight excluding hydrogens is 278 g/mol. The number of benzene rings is 1. The van der Waals surface area contributed by atoms with Crippen molar-refractivity contribution in [2.45, 2.75) is 52.7 Å². The first kappa shape index (κ1) is 18.2. The summed E-state index contributed by atoms with van der Waals surface area (Å²) in [7, 11) is 0. The van der Waals surface area contributed by atoms with Crippen LogP contribution < -0.4 is 0 Å². The molecule has 122 valence electrons. The number of rotatable bonds is 3. The minimum absolute atomic E-state index is 0.212. The van der Waals surface area contributed by atoms with Gasteiger partial charge in [-0.05, 0) is 39.2 Å². The van der Waals surface area contributed by atoms with Gasteiger partial charge >= 0.3 is 0 Å². The van der Waals surface area contributed by atoms with Crippen LogP contribution in [0.1, 0.15) is 52.6 Å². The highest BCUT2D eigenvalue weighted by molar-refractivity contribution is 5.79. The number of ether oxygens (including phenoxy) is 1. The Kier molecular flexibility index (Phi) is 6.60. The van der Waals surface area contributed by atoms with Gasteiger partial charge in [0.15, 0.2) is 0 Å². The molecular formula is C18H27NO3. The molecule has 0 N–H and O–H groups in total. The molecule has 0 saturated carbocycles. The quantitative estimate of drug-likeness (QED) is 0.802. The first-order valence-corrected chi connectivity index (χ1v) is 7.70. The smallest absolute Gasteiger partial charge is 0.293 e. The Morgan fingerprint density at radius 2 is 1.86 bits per heavy atom. The number of hydrogen-bond donors (Lipinski definition) is 0. The van der Waals surface area contributed by atoms with E-state index in [-0.39, 0.29) is 11.6 Å². The van der Waals surface area contributed by atoms with Crippen molar-refractivity contribution < 1.29 is 14.3 Å². The van der Waals surface area contributed by atoms with Gasteiger partial charge in [0.25, 0.3) is 6.47 Å². The van der Waals surface area contributed by atoms with Crippen molar-refractivity contribution in [2.75, 3.05) is 6.54 Å². The zero-order valence-corrected chi connectivity index (χ0v) is 14.2. The third-order valence-corrected chi connectivity index (χ3v) is 3.50. The van der Waals surface area contributed by atoms with Crippen LogP contribution in [-0.4, -0.2) is 29.4 Å². The van der Waals surface area contributed by atoms with Crippen molar-refractivity contribution >= 4 is 12.4 Å². The van der Waals surface area contributed by atoms with E-state index in [4.69, 9.17) is 0 Å². The van der Waals surface area contributed by atoms with Crippen molar-refractivity contribution in [3.63, 3.8) is 0 Å². The molecule has 1 heterocycles. The molecule has 0 bridgehead atoms. The maximum atomic E-state index is 11.7. The number of amides is 1. The molecule has 1 aliphatic rings. The lowest BCUT2D eigenvalue weighted by Gasteiger charge is -2.24. The Labute approximate surface area is 133 Å². The van der Waals surface area contributed by atoms with Crippen LogP contribution in [0.3, 0.4) is 0 Å². The summed E-state index contributed by atoms with van der Waals surface area (Å²) < 4.78 is 4.55. The third kappa shape index (κ3) is 5.88. The van der Waals surface area contributed by atoms with Crippen molar-refractivity contribution in [3.8, 4) is 0 Å². The molecule has 1 aromatic carbocycles. The highest BCUT2D eigenvalue weighted by atomic mass is 16.5. The number of likely N-dealkylation sites (tertiary alicyclic amines) is 1. The molecule has 0 aliphatic carbocycles. The molecule has 4 heteroatoms. The summed E-state index contributed by atoms with van der Waals surface area (Å²) in [5, 5.41) is 0. The van der Waals surface area contributed by atoms with Crippen molar-refractivity contribution in [3.05, 3.63) is 35.9 Å². The number of hydrogen-bond acceptors (Lipinski definition) is 3. The van der Waals surface area contributed by atoms with E-state index in [9.17, 15) is 9.59 Å². The summed E-state index contributed by atoms with van der Waals surface area (Å²) >= 11 is 0. The molecule has 1 aromatic rings. The van der Waals surface area contributed by atoms with Gasteiger partial charge in [0, 0.05) is 13.0 Å². The van der Waals surface area contributed by atoms with Gasteiger partial charge in [0.2, 0.25) is 5.91 Å². The van der Waals surface area contributed by atoms with Gasteiger partial charge in [-0.3, -0.25) is 9.59 Å². The topological polar surface area (TPSA) is 46.6 Å². The number of carbonyl (C=O) groups is 2. The Morgan fingerprint density at radius 3 is 2.23 bits per heavy atom. The van der Waals surface area contributed by atoms with E-state index in [0.29, 0.717) is 24.7 Å². The van der Waals surface area contributed by atoms with Gasteiger partial charge in [0.05, 0.1) is 6.04 Å². The normalized spacial score (nSPS) is 19.2. The summed E-state index contributed by atoms with van der Waals surface area (Å²) in [6.45, 7) is 11.1. The number of nitrogens with zero attached hydrogens (tertiary/aromatic N) is 1. The van der Waals surface area contributed by atoms with E-state index in [1.165, 1.54) is 5.56 Å². The molecule has 2 rings (SSSR count). The van der Waals surface area contributed by atoms with Gasteiger partial charge in [-0.1, -0.05) is 37.3 Å². The second kappa shape index (κ2) is 7.97. The average Bonchev–Trinajstić information content (AvgIpc) is 2.77. The highest BCUT2D eigenvalue weighted by Gasteiger charge is 2.30. The minimum atomic E-state index is -0.318. The van der Waals surface area contributed by atoms with Crippen LogP contribution in [0.25, 0.3) is 0 Å². The second-order valence-corrected chi connectivity index (χ2v) is 6.77. The lowest BCUT2D eigenvalue weighted by atomic mass is 10.1. The molecule has 0 radical (unpaired) electrons. The third-order valence-electron chi connectivity index (χ3n) is 3.50. The van der Waals surface area contributed by atoms with Crippen LogP contribution in [0.5, 0.6) is 0 Å². The van der Waals surface area contributed by atoms with Crippen LogP contribution >= 0.6 is 0 Å². The SMILES string of the molecule is CC(C)(C)OC=O.CC1CC(=O)N(C(C)c2ccccc2)C1. The Morgan fingerprint density at radius 1 is 1.27 bits per heavy atom. The molecule has 1 amide bonds. The Bertz CT molecular complexity index is 479. The summed E-state index contributed by atoms with van der Waals surface area (Å²) in [6.07, 6.45) is 0.706. The minimum Gasteiger partial charge on any atom is -0.462 e. The van der Waals surface area contributed by atoms with Gasteiger partial charge in [-0.2, -0.15) is 0 Å². The molecule has 1 aliphatic heterocycles. The zero-order chi connectivity index (χ0) is 16.8. The zero-order valence-electron chi connectivity index (χ0n) is 14.2. The molecule has 1 saturated heterocycles. The predicted molar refractivity (Wildman–Crippen MR) is 87.3 cm³/mol. The lowest BCUT2D eigenvalue weighted by Crippen LogP contribution is -2.28. The second-order valence-electron chi connectivity index (χ2n) is 6.77. The van der Waals surface area contributed by atoms with E-state index in [2.05, 4.69) is 30.7 Å². The maximum Gasteiger partial charge on any atom is 0.293 e. The fraction of sp³-hybridized carbons (Fsp3) is 0.556. The van der Waals surface area contributed by atoms with E-state index in [1.807, 2.05) is 43.9 Å². The van der Waals surface area contributed by atoms with Gasteiger partial charge in [-0.25, -0.2) is 0 Å². The molecule has 1 fully saturated rings. The number of carbonyl (C=O) groups excluding carboxylic acids is 2. The van der Waals surface area contributed by atoms with E-state index in [1.54, 1.807) is 0 Å². The summed E-state index contributed by atoms with van der Waals surface area (Å²) in [5.41, 5.74) is 0.904. The van der Waals surface area contributed by atoms with Crippen molar-refractivity contribution in [1.82, 2.24) is 4.90 Å². The fourth-order valence-electron chi connectivity index (χ4n) is 2.35. The lowest BCUT2D eigenvalue weighted by molar-refractivity contribution is -0.138. The monoisotopic (exact) mass is 305 g/mol. The first-order valence-electron chi connectivity index (χ1n) is 7.70. The van der Waals surface area contributed by atoms with E-state index in [0.717, 1.165) is 6.54 Å². The Hall–Kier alpha value is -1.84. The molecule has 4 nitrogen and oxygen atoms in total. The molecule has 2 unspecified atom stereocenters. The molecule has 0 aromatic heterocycles. The van der Waals surface area contributed by atoms with Crippen molar-refractivity contribution in [2.24, 2.45) is 5.92 Å². The summed E-state index contributed by atoms with van der Waals surface area (Å²) in [6, 6.07) is 10.4. The van der Waals surface area contributed by atoms with Gasteiger partial charge in [-0.15, -0.1) is 0 Å².